The maximum Gasteiger partial charge on any atom is 0.359 e. The summed E-state index contributed by atoms with van der Waals surface area (Å²) in [5.41, 5.74) is -0.0148. The highest BCUT2D eigenvalue weighted by Crippen LogP contribution is 2.41. The van der Waals surface area contributed by atoms with Crippen LogP contribution in [0.2, 0.25) is 0 Å². The van der Waals surface area contributed by atoms with E-state index in [1.54, 1.807) is 0 Å². The molecule has 2 unspecified atom stereocenters. The van der Waals surface area contributed by atoms with Gasteiger partial charge in [-0.3, -0.25) is 0 Å². The van der Waals surface area contributed by atoms with Gasteiger partial charge < -0.3 is 19.4 Å². The van der Waals surface area contributed by atoms with E-state index in [0.717, 1.165) is 44.2 Å². The van der Waals surface area contributed by atoms with Crippen molar-refractivity contribution in [2.45, 2.75) is 43.8 Å². The second kappa shape index (κ2) is 7.44. The lowest BCUT2D eigenvalue weighted by atomic mass is 9.80. The number of carbonyl (C=O) groups is 1. The first-order chi connectivity index (χ1) is 11.9. The fourth-order valence-corrected chi connectivity index (χ4v) is 4.55. The van der Waals surface area contributed by atoms with Crippen molar-refractivity contribution in [3.8, 4) is 0 Å². The van der Waals surface area contributed by atoms with Crippen LogP contribution < -0.4 is 0 Å². The topological polar surface area (TPSA) is 66.8 Å². The normalized spacial score (nSPS) is 29.6. The van der Waals surface area contributed by atoms with Gasteiger partial charge >= 0.3 is 5.97 Å². The molecule has 2 fully saturated rings. The van der Waals surface area contributed by atoms with E-state index in [1.807, 2.05) is 37.4 Å². The van der Waals surface area contributed by atoms with Crippen LogP contribution in [-0.2, 0) is 15.1 Å². The first-order valence-corrected chi connectivity index (χ1v) is 9.36. The molecule has 1 heterocycles. The fourth-order valence-electron chi connectivity index (χ4n) is 4.55. The lowest BCUT2D eigenvalue weighted by Crippen LogP contribution is -2.47. The van der Waals surface area contributed by atoms with E-state index in [4.69, 9.17) is 9.84 Å². The average Bonchev–Trinajstić information content (AvgIpc) is 3.23. The minimum absolute atomic E-state index is 0.0148. The molecule has 0 aromatic heterocycles. The van der Waals surface area contributed by atoms with Crippen LogP contribution in [0.3, 0.4) is 0 Å². The summed E-state index contributed by atoms with van der Waals surface area (Å²) in [6.07, 6.45) is 5.26. The summed E-state index contributed by atoms with van der Waals surface area (Å²) in [6, 6.07) is 9.87. The molecule has 1 aromatic rings. The van der Waals surface area contributed by atoms with E-state index in [1.165, 1.54) is 0 Å². The van der Waals surface area contributed by atoms with E-state index in [-0.39, 0.29) is 18.6 Å². The quantitative estimate of drug-likeness (QED) is 0.743. The molecule has 3 atom stereocenters. The molecule has 5 heteroatoms. The molecular formula is C20H30NO4+. The molecule has 1 aliphatic carbocycles. The van der Waals surface area contributed by atoms with Gasteiger partial charge in [-0.2, -0.15) is 0 Å². The van der Waals surface area contributed by atoms with Crippen LogP contribution in [0.15, 0.2) is 30.3 Å². The van der Waals surface area contributed by atoms with Gasteiger partial charge in [0.15, 0.2) is 6.54 Å². The number of hydrogen-bond donors (Lipinski definition) is 2. The lowest BCUT2D eigenvalue weighted by Gasteiger charge is -2.35. The Labute approximate surface area is 149 Å². The minimum atomic E-state index is -0.948. The van der Waals surface area contributed by atoms with Crippen LogP contribution in [-0.4, -0.2) is 60.1 Å². The number of carboxylic acids is 1. The number of nitrogens with zero attached hydrogens (tertiary/aromatic N) is 1. The highest BCUT2D eigenvalue weighted by Gasteiger charge is 2.43. The van der Waals surface area contributed by atoms with Gasteiger partial charge in [0.25, 0.3) is 0 Å². The molecule has 0 amide bonds. The predicted octanol–water partition coefficient (Wildman–Crippen LogP) is 2.38. The van der Waals surface area contributed by atoms with Crippen molar-refractivity contribution in [2.75, 3.05) is 33.3 Å². The van der Waals surface area contributed by atoms with E-state index < -0.39 is 11.6 Å². The van der Waals surface area contributed by atoms with Crippen LogP contribution >= 0.6 is 0 Å². The Balaban J connectivity index is 1.67. The largest absolute Gasteiger partial charge is 0.477 e. The van der Waals surface area contributed by atoms with Crippen molar-refractivity contribution in [1.29, 1.82) is 0 Å². The number of hydrogen-bond acceptors (Lipinski definition) is 3. The molecule has 1 aromatic carbocycles. The number of aliphatic hydroxyl groups is 1. The molecule has 3 rings (SSSR count). The summed E-state index contributed by atoms with van der Waals surface area (Å²) in [6.45, 7) is 1.93. The lowest BCUT2D eigenvalue weighted by molar-refractivity contribution is -0.891. The zero-order valence-corrected chi connectivity index (χ0v) is 15.1. The number of likely N-dealkylation sites (tertiary alicyclic amines) is 1. The Morgan fingerprint density at radius 1 is 1.24 bits per heavy atom. The predicted molar refractivity (Wildman–Crippen MR) is 95.1 cm³/mol. The first-order valence-electron chi connectivity index (χ1n) is 9.36. The van der Waals surface area contributed by atoms with E-state index >= 15 is 0 Å². The standard InChI is InChI=1S/C20H29NO4/c1-21(14-19(22)23)12-11-18(13-21)25-15-20(24,17-9-5-6-10-17)16-7-3-2-4-8-16/h2-4,7-8,17-18,24H,5-6,9-15H2,1H3/p+1/t18?,20-,21?/m0/s1. The molecule has 2 N–H and O–H groups in total. The van der Waals surface area contributed by atoms with Crippen molar-refractivity contribution in [3.63, 3.8) is 0 Å². The third kappa shape index (κ3) is 4.22. The van der Waals surface area contributed by atoms with Gasteiger partial charge in [0.1, 0.15) is 18.2 Å². The number of aliphatic carboxylic acids is 1. The summed E-state index contributed by atoms with van der Waals surface area (Å²) < 4.78 is 6.66. The number of rotatable bonds is 7. The van der Waals surface area contributed by atoms with Gasteiger partial charge in [-0.25, -0.2) is 4.79 Å². The van der Waals surface area contributed by atoms with Gasteiger partial charge in [0.05, 0.1) is 20.2 Å². The number of ether oxygens (including phenoxy) is 1. The number of benzene rings is 1. The maximum atomic E-state index is 11.5. The molecule has 2 aliphatic rings. The van der Waals surface area contributed by atoms with Gasteiger partial charge in [-0.1, -0.05) is 43.2 Å². The molecule has 5 nitrogen and oxygen atoms in total. The molecule has 1 aliphatic heterocycles. The highest BCUT2D eigenvalue weighted by molar-refractivity contribution is 5.67. The summed E-state index contributed by atoms with van der Waals surface area (Å²) in [4.78, 5) is 11.0. The second-order valence-electron chi connectivity index (χ2n) is 8.07. The maximum absolute atomic E-state index is 11.5. The van der Waals surface area contributed by atoms with E-state index in [9.17, 15) is 9.90 Å². The first kappa shape index (κ1) is 18.4. The van der Waals surface area contributed by atoms with E-state index in [0.29, 0.717) is 17.6 Å². The smallest absolute Gasteiger partial charge is 0.359 e. The summed E-state index contributed by atoms with van der Waals surface area (Å²) in [7, 11) is 1.97. The monoisotopic (exact) mass is 348 g/mol. The van der Waals surface area contributed by atoms with Crippen LogP contribution in [0, 0.1) is 5.92 Å². The summed E-state index contributed by atoms with van der Waals surface area (Å²) in [5.74, 6) is -0.536. The average molecular weight is 348 g/mol. The zero-order chi connectivity index (χ0) is 17.9. The van der Waals surface area contributed by atoms with Crippen LogP contribution in [0.4, 0.5) is 0 Å². The second-order valence-corrected chi connectivity index (χ2v) is 8.07. The minimum Gasteiger partial charge on any atom is -0.477 e. The third-order valence-electron chi connectivity index (χ3n) is 6.00. The van der Waals surface area contributed by atoms with Crippen LogP contribution in [0.5, 0.6) is 0 Å². The van der Waals surface area contributed by atoms with Crippen molar-refractivity contribution < 1.29 is 24.2 Å². The van der Waals surface area contributed by atoms with Crippen LogP contribution in [0.1, 0.15) is 37.7 Å². The number of quaternary nitrogens is 1. The molecule has 25 heavy (non-hydrogen) atoms. The number of likely N-dealkylation sites (N-methyl/N-ethyl adjacent to an activating group) is 1. The van der Waals surface area contributed by atoms with Crippen molar-refractivity contribution in [3.05, 3.63) is 35.9 Å². The zero-order valence-electron chi connectivity index (χ0n) is 15.1. The summed E-state index contributed by atoms with van der Waals surface area (Å²) in [5, 5.41) is 20.6. The van der Waals surface area contributed by atoms with Crippen molar-refractivity contribution in [1.82, 2.24) is 0 Å². The van der Waals surface area contributed by atoms with Crippen molar-refractivity contribution >= 4 is 5.97 Å². The van der Waals surface area contributed by atoms with Gasteiger partial charge in [-0.05, 0) is 24.3 Å². The SMILES string of the molecule is C[N+]1(CC(=O)O)CCC(OC[C@](O)(c2ccccc2)C2CCCC2)C1. The molecule has 1 saturated carbocycles. The van der Waals surface area contributed by atoms with E-state index in [2.05, 4.69) is 0 Å². The molecule has 138 valence electrons. The van der Waals surface area contributed by atoms with Crippen molar-refractivity contribution in [2.24, 2.45) is 5.92 Å². The molecular weight excluding hydrogens is 318 g/mol. The Morgan fingerprint density at radius 3 is 2.56 bits per heavy atom. The number of carboxylic acid groups (broad SMARTS) is 1. The Bertz CT molecular complexity index is 587. The Morgan fingerprint density at radius 2 is 1.92 bits per heavy atom. The molecule has 0 radical (unpaired) electrons. The molecule has 0 spiro atoms. The van der Waals surface area contributed by atoms with Crippen LogP contribution in [0.25, 0.3) is 0 Å². The van der Waals surface area contributed by atoms with Gasteiger partial charge in [0.2, 0.25) is 0 Å². The highest BCUT2D eigenvalue weighted by atomic mass is 16.5. The molecule has 1 saturated heterocycles. The Hall–Kier alpha value is -1.43. The Kier molecular flexibility index (Phi) is 5.46. The fraction of sp³-hybridized carbons (Fsp3) is 0.650. The molecule has 0 bridgehead atoms. The third-order valence-corrected chi connectivity index (χ3v) is 6.00. The summed E-state index contributed by atoms with van der Waals surface area (Å²) >= 11 is 0. The van der Waals surface area contributed by atoms with Gasteiger partial charge in [0, 0.05) is 6.42 Å². The van der Waals surface area contributed by atoms with Gasteiger partial charge in [-0.15, -0.1) is 0 Å².